The van der Waals surface area contributed by atoms with Crippen molar-refractivity contribution in [2.45, 2.75) is 52.2 Å². The van der Waals surface area contributed by atoms with Crippen molar-refractivity contribution >= 4 is 5.78 Å². The third-order valence-electron chi connectivity index (χ3n) is 3.64. The van der Waals surface area contributed by atoms with Gasteiger partial charge in [-0.2, -0.15) is 0 Å². The summed E-state index contributed by atoms with van der Waals surface area (Å²) in [5, 5.41) is 19.9. The molecule has 0 heterocycles. The lowest BCUT2D eigenvalue weighted by molar-refractivity contribution is -0.142. The predicted molar refractivity (Wildman–Crippen MR) is 63.0 cm³/mol. The molecule has 3 atom stereocenters. The third kappa shape index (κ3) is 2.36. The fraction of sp³-hybridized carbons (Fsp3) is 0.769. The normalized spacial score (nSPS) is 36.6. The maximum Gasteiger partial charge on any atom is 0.133 e. The van der Waals surface area contributed by atoms with Gasteiger partial charge in [0.15, 0.2) is 0 Å². The minimum absolute atomic E-state index is 0.112. The van der Waals surface area contributed by atoms with Crippen LogP contribution in [0.5, 0.6) is 0 Å². The van der Waals surface area contributed by atoms with Gasteiger partial charge in [0.25, 0.3) is 0 Å². The van der Waals surface area contributed by atoms with Crippen molar-refractivity contribution < 1.29 is 15.0 Å². The van der Waals surface area contributed by atoms with Crippen LogP contribution in [0.3, 0.4) is 0 Å². The molecule has 3 heteroatoms. The second-order valence-electron chi connectivity index (χ2n) is 5.63. The highest BCUT2D eigenvalue weighted by Gasteiger charge is 2.50. The van der Waals surface area contributed by atoms with E-state index in [0.29, 0.717) is 12.8 Å². The lowest BCUT2D eigenvalue weighted by Crippen LogP contribution is -2.53. The summed E-state index contributed by atoms with van der Waals surface area (Å²) in [4.78, 5) is 11.5. The number of carbonyl (C=O) groups excluding carboxylic acids is 1. The first-order chi connectivity index (χ1) is 7.19. The van der Waals surface area contributed by atoms with Crippen molar-refractivity contribution in [3.05, 3.63) is 12.2 Å². The average Bonchev–Trinajstić information content (AvgIpc) is 2.10. The summed E-state index contributed by atoms with van der Waals surface area (Å²) in [5.74, 6) is 0.0892. The van der Waals surface area contributed by atoms with Crippen molar-refractivity contribution in [2.24, 2.45) is 11.3 Å². The van der Waals surface area contributed by atoms with Crippen molar-refractivity contribution in [2.75, 3.05) is 0 Å². The minimum atomic E-state index is -1.02. The van der Waals surface area contributed by atoms with Crippen molar-refractivity contribution in [3.63, 3.8) is 0 Å². The summed E-state index contributed by atoms with van der Waals surface area (Å²) in [6.07, 6.45) is 3.47. The minimum Gasteiger partial charge on any atom is -0.389 e. The van der Waals surface area contributed by atoms with Crippen LogP contribution < -0.4 is 0 Å². The Bertz CT molecular complexity index is 304. The third-order valence-corrected chi connectivity index (χ3v) is 3.64. The van der Waals surface area contributed by atoms with Gasteiger partial charge >= 0.3 is 0 Å². The van der Waals surface area contributed by atoms with Crippen LogP contribution in [0.1, 0.15) is 40.5 Å². The smallest absolute Gasteiger partial charge is 0.133 e. The monoisotopic (exact) mass is 226 g/mol. The van der Waals surface area contributed by atoms with Gasteiger partial charge in [0.1, 0.15) is 5.78 Å². The first-order valence-corrected chi connectivity index (χ1v) is 5.80. The SMILES string of the molecule is CC(O)/C=C/C1(O)C(C)CC(=O)CC1(C)C. The van der Waals surface area contributed by atoms with Crippen molar-refractivity contribution in [1.29, 1.82) is 0 Å². The molecule has 92 valence electrons. The number of carbonyl (C=O) groups is 1. The van der Waals surface area contributed by atoms with E-state index < -0.39 is 17.1 Å². The number of ketones is 1. The molecule has 1 rings (SSSR count). The molecule has 1 saturated carbocycles. The summed E-state index contributed by atoms with van der Waals surface area (Å²) in [7, 11) is 0. The number of Topliss-reactive ketones (excluding diaryl/α,β-unsaturated/α-hetero) is 1. The molecule has 0 aromatic heterocycles. The van der Waals surface area contributed by atoms with Crippen LogP contribution in [0.25, 0.3) is 0 Å². The predicted octanol–water partition coefficient (Wildman–Crippen LogP) is 1.68. The zero-order valence-corrected chi connectivity index (χ0v) is 10.5. The fourth-order valence-electron chi connectivity index (χ4n) is 2.55. The molecule has 1 aliphatic carbocycles. The summed E-state index contributed by atoms with van der Waals surface area (Å²) in [6.45, 7) is 7.32. The summed E-state index contributed by atoms with van der Waals surface area (Å²) in [5.41, 5.74) is -1.50. The van der Waals surface area contributed by atoms with E-state index in [9.17, 15) is 15.0 Å². The van der Waals surface area contributed by atoms with Crippen molar-refractivity contribution in [1.82, 2.24) is 0 Å². The molecule has 0 aromatic carbocycles. The lowest BCUT2D eigenvalue weighted by atomic mass is 9.60. The number of hydrogen-bond donors (Lipinski definition) is 2. The molecule has 1 aliphatic rings. The van der Waals surface area contributed by atoms with E-state index in [1.807, 2.05) is 20.8 Å². The van der Waals surface area contributed by atoms with Gasteiger partial charge in [-0.1, -0.05) is 32.9 Å². The molecule has 3 unspecified atom stereocenters. The topological polar surface area (TPSA) is 57.5 Å². The fourth-order valence-corrected chi connectivity index (χ4v) is 2.55. The van der Waals surface area contributed by atoms with E-state index in [4.69, 9.17) is 0 Å². The Hall–Kier alpha value is -0.670. The quantitative estimate of drug-likeness (QED) is 0.704. The van der Waals surface area contributed by atoms with Gasteiger partial charge in [0, 0.05) is 18.3 Å². The molecule has 0 radical (unpaired) electrons. The van der Waals surface area contributed by atoms with E-state index >= 15 is 0 Å². The Balaban J connectivity index is 3.02. The van der Waals surface area contributed by atoms with Gasteiger partial charge in [0.2, 0.25) is 0 Å². The molecule has 0 amide bonds. The second kappa shape index (κ2) is 4.30. The Morgan fingerprint density at radius 1 is 1.50 bits per heavy atom. The molecule has 1 fully saturated rings. The van der Waals surface area contributed by atoms with Gasteiger partial charge in [-0.05, 0) is 12.8 Å². The van der Waals surface area contributed by atoms with Gasteiger partial charge in [-0.3, -0.25) is 4.79 Å². The van der Waals surface area contributed by atoms with Crippen LogP contribution in [0.2, 0.25) is 0 Å². The van der Waals surface area contributed by atoms with E-state index in [0.717, 1.165) is 0 Å². The maximum absolute atomic E-state index is 11.5. The van der Waals surface area contributed by atoms with E-state index in [2.05, 4.69) is 0 Å². The average molecular weight is 226 g/mol. The van der Waals surface area contributed by atoms with Crippen LogP contribution in [-0.2, 0) is 4.79 Å². The summed E-state index contributed by atoms with van der Waals surface area (Å²) < 4.78 is 0. The first kappa shape index (κ1) is 13.4. The van der Waals surface area contributed by atoms with Crippen LogP contribution >= 0.6 is 0 Å². The molecule has 2 N–H and O–H groups in total. The number of hydrogen-bond acceptors (Lipinski definition) is 3. The van der Waals surface area contributed by atoms with E-state index in [1.165, 1.54) is 0 Å². The van der Waals surface area contributed by atoms with Crippen LogP contribution in [0, 0.1) is 11.3 Å². The molecule has 3 nitrogen and oxygen atoms in total. The molecule has 0 aliphatic heterocycles. The Labute approximate surface area is 97.2 Å². The Kier molecular flexibility index (Phi) is 3.60. The second-order valence-corrected chi connectivity index (χ2v) is 5.63. The van der Waals surface area contributed by atoms with E-state index in [1.54, 1.807) is 19.1 Å². The highest BCUT2D eigenvalue weighted by molar-refractivity contribution is 5.81. The Morgan fingerprint density at radius 3 is 2.50 bits per heavy atom. The van der Waals surface area contributed by atoms with Gasteiger partial charge in [0.05, 0.1) is 11.7 Å². The summed E-state index contributed by atoms with van der Waals surface area (Å²) >= 11 is 0. The molecule has 0 aromatic rings. The molecule has 0 saturated heterocycles. The summed E-state index contributed by atoms with van der Waals surface area (Å²) in [6, 6.07) is 0. The highest BCUT2D eigenvalue weighted by atomic mass is 16.3. The number of rotatable bonds is 2. The molecule has 16 heavy (non-hydrogen) atoms. The molecular formula is C13H22O3. The van der Waals surface area contributed by atoms with Gasteiger partial charge in [-0.15, -0.1) is 0 Å². The molecular weight excluding hydrogens is 204 g/mol. The zero-order chi connectivity index (χ0) is 12.6. The van der Waals surface area contributed by atoms with Crippen molar-refractivity contribution in [3.8, 4) is 0 Å². The number of aliphatic hydroxyl groups excluding tert-OH is 1. The first-order valence-electron chi connectivity index (χ1n) is 5.80. The lowest BCUT2D eigenvalue weighted by Gasteiger charge is -2.48. The maximum atomic E-state index is 11.5. The van der Waals surface area contributed by atoms with Crippen LogP contribution in [0.15, 0.2) is 12.2 Å². The van der Waals surface area contributed by atoms with E-state index in [-0.39, 0.29) is 11.7 Å². The highest BCUT2D eigenvalue weighted by Crippen LogP contribution is 2.46. The van der Waals surface area contributed by atoms with Gasteiger partial charge < -0.3 is 10.2 Å². The largest absolute Gasteiger partial charge is 0.389 e. The molecule has 0 bridgehead atoms. The van der Waals surface area contributed by atoms with Crippen LogP contribution in [-0.4, -0.2) is 27.7 Å². The number of aliphatic hydroxyl groups is 2. The van der Waals surface area contributed by atoms with Gasteiger partial charge in [-0.25, -0.2) is 0 Å². The zero-order valence-electron chi connectivity index (χ0n) is 10.5. The Morgan fingerprint density at radius 2 is 2.06 bits per heavy atom. The molecule has 0 spiro atoms. The standard InChI is InChI=1S/C13H22O3/c1-9-7-11(15)8-12(3,4)13(9,16)6-5-10(2)14/h5-6,9-10,14,16H,7-8H2,1-4H3/b6-5+. The van der Waals surface area contributed by atoms with Crippen LogP contribution in [0.4, 0.5) is 0 Å².